The van der Waals surface area contributed by atoms with Gasteiger partial charge in [0, 0.05) is 11.7 Å². The van der Waals surface area contributed by atoms with Crippen molar-refractivity contribution >= 4 is 23.2 Å². The number of amides is 1. The van der Waals surface area contributed by atoms with Crippen molar-refractivity contribution in [2.75, 3.05) is 5.73 Å². The van der Waals surface area contributed by atoms with Gasteiger partial charge in [0.1, 0.15) is 0 Å². The molecule has 1 amide bonds. The largest absolute Gasteiger partial charge is 0.399 e. The predicted molar refractivity (Wildman–Crippen MR) is 81.0 cm³/mol. The van der Waals surface area contributed by atoms with Crippen LogP contribution in [0.15, 0.2) is 42.5 Å². The molecular weight excluding hydrogens is 272 g/mol. The van der Waals surface area contributed by atoms with E-state index >= 15 is 0 Å². The van der Waals surface area contributed by atoms with E-state index in [1.54, 1.807) is 18.2 Å². The maximum Gasteiger partial charge on any atom is 0.253 e. The third kappa shape index (κ3) is 2.49. The average molecular weight is 287 g/mol. The Kier molecular flexibility index (Phi) is 3.36. The normalized spacial score (nSPS) is 14.1. The molecule has 1 aliphatic rings. The maximum absolute atomic E-state index is 12.3. The molecule has 0 heterocycles. The Morgan fingerprint density at radius 1 is 1.15 bits per heavy atom. The lowest BCUT2D eigenvalue weighted by Crippen LogP contribution is -2.35. The van der Waals surface area contributed by atoms with E-state index < -0.39 is 0 Å². The average Bonchev–Trinajstić information content (AvgIpc) is 2.83. The van der Waals surface area contributed by atoms with Gasteiger partial charge in [-0.3, -0.25) is 4.79 Å². The molecule has 0 saturated carbocycles. The molecule has 2 aromatic carbocycles. The van der Waals surface area contributed by atoms with Crippen molar-refractivity contribution in [1.82, 2.24) is 5.32 Å². The first-order valence-electron chi connectivity index (χ1n) is 6.56. The molecule has 0 bridgehead atoms. The summed E-state index contributed by atoms with van der Waals surface area (Å²) in [5, 5.41) is 3.45. The number of nitrogens with two attached hydrogens (primary N) is 1. The number of hydrogen-bond donors (Lipinski definition) is 2. The van der Waals surface area contributed by atoms with Crippen molar-refractivity contribution in [3.63, 3.8) is 0 Å². The van der Waals surface area contributed by atoms with E-state index in [9.17, 15) is 4.79 Å². The molecule has 3 nitrogen and oxygen atoms in total. The lowest BCUT2D eigenvalue weighted by atomic mass is 10.1. The van der Waals surface area contributed by atoms with Crippen LogP contribution in [-0.2, 0) is 12.8 Å². The molecular formula is C16H15ClN2O. The molecule has 2 aromatic rings. The van der Waals surface area contributed by atoms with Crippen LogP contribution in [0.1, 0.15) is 21.5 Å². The zero-order chi connectivity index (χ0) is 14.1. The predicted octanol–water partition coefficient (Wildman–Crippen LogP) is 2.82. The quantitative estimate of drug-likeness (QED) is 0.834. The van der Waals surface area contributed by atoms with Crippen molar-refractivity contribution in [2.24, 2.45) is 0 Å². The van der Waals surface area contributed by atoms with Gasteiger partial charge < -0.3 is 11.1 Å². The standard InChI is InChI=1S/C16H15ClN2O/c17-15-6-5-12(18)9-14(15)16(20)19-13-7-10-3-1-2-4-11(10)8-13/h1-6,9,13H,7-8,18H2,(H,19,20). The Hall–Kier alpha value is -2.00. The molecule has 102 valence electrons. The number of halogens is 1. The number of hydrogen-bond acceptors (Lipinski definition) is 2. The van der Waals surface area contributed by atoms with Crippen molar-refractivity contribution in [2.45, 2.75) is 18.9 Å². The van der Waals surface area contributed by atoms with E-state index in [0.29, 0.717) is 16.3 Å². The summed E-state index contributed by atoms with van der Waals surface area (Å²) in [5.41, 5.74) is 9.28. The van der Waals surface area contributed by atoms with Gasteiger partial charge in [0.15, 0.2) is 0 Å². The highest BCUT2D eigenvalue weighted by molar-refractivity contribution is 6.34. The summed E-state index contributed by atoms with van der Waals surface area (Å²) in [5.74, 6) is -0.167. The van der Waals surface area contributed by atoms with Crippen LogP contribution in [-0.4, -0.2) is 11.9 Å². The fraction of sp³-hybridized carbons (Fsp3) is 0.188. The van der Waals surface area contributed by atoms with Gasteiger partial charge >= 0.3 is 0 Å². The van der Waals surface area contributed by atoms with Gasteiger partial charge in [0.2, 0.25) is 0 Å². The van der Waals surface area contributed by atoms with Gasteiger partial charge in [-0.2, -0.15) is 0 Å². The van der Waals surface area contributed by atoms with E-state index in [2.05, 4.69) is 17.4 Å². The number of nitrogen functional groups attached to an aromatic ring is 1. The molecule has 4 heteroatoms. The Bertz CT molecular complexity index is 644. The van der Waals surface area contributed by atoms with Gasteiger partial charge in [-0.15, -0.1) is 0 Å². The second kappa shape index (κ2) is 5.17. The molecule has 0 saturated heterocycles. The number of carbonyl (C=O) groups is 1. The first kappa shape index (κ1) is 13.0. The van der Waals surface area contributed by atoms with Gasteiger partial charge in [0.25, 0.3) is 5.91 Å². The zero-order valence-electron chi connectivity index (χ0n) is 10.9. The molecule has 0 atom stereocenters. The fourth-order valence-corrected chi connectivity index (χ4v) is 2.84. The van der Waals surface area contributed by atoms with E-state index in [1.165, 1.54) is 11.1 Å². The van der Waals surface area contributed by atoms with Crippen molar-refractivity contribution in [1.29, 1.82) is 0 Å². The Labute approximate surface area is 122 Å². The first-order valence-corrected chi connectivity index (χ1v) is 6.94. The van der Waals surface area contributed by atoms with Gasteiger partial charge in [-0.25, -0.2) is 0 Å². The van der Waals surface area contributed by atoms with Crippen LogP contribution in [0.2, 0.25) is 5.02 Å². The van der Waals surface area contributed by atoms with Crippen LogP contribution >= 0.6 is 11.6 Å². The molecule has 3 N–H and O–H groups in total. The number of carbonyl (C=O) groups excluding carboxylic acids is 1. The lowest BCUT2D eigenvalue weighted by Gasteiger charge is -2.13. The second-order valence-corrected chi connectivity index (χ2v) is 5.49. The summed E-state index contributed by atoms with van der Waals surface area (Å²) in [7, 11) is 0. The van der Waals surface area contributed by atoms with Crippen LogP contribution < -0.4 is 11.1 Å². The molecule has 0 fully saturated rings. The second-order valence-electron chi connectivity index (χ2n) is 5.09. The SMILES string of the molecule is Nc1ccc(Cl)c(C(=O)NC2Cc3ccccc3C2)c1. The van der Waals surface area contributed by atoms with Crippen molar-refractivity contribution in [3.05, 3.63) is 64.2 Å². The van der Waals surface area contributed by atoms with Crippen LogP contribution in [0, 0.1) is 0 Å². The van der Waals surface area contributed by atoms with Crippen LogP contribution in [0.3, 0.4) is 0 Å². The Balaban J connectivity index is 1.74. The van der Waals surface area contributed by atoms with Gasteiger partial charge in [0.05, 0.1) is 10.6 Å². The number of fused-ring (bicyclic) bond motifs is 1. The topological polar surface area (TPSA) is 55.1 Å². The third-order valence-electron chi connectivity index (χ3n) is 3.62. The van der Waals surface area contributed by atoms with E-state index in [1.807, 2.05) is 12.1 Å². The minimum atomic E-state index is -0.167. The summed E-state index contributed by atoms with van der Waals surface area (Å²) < 4.78 is 0. The molecule has 20 heavy (non-hydrogen) atoms. The number of benzene rings is 2. The van der Waals surface area contributed by atoms with Gasteiger partial charge in [-0.05, 0) is 42.2 Å². The van der Waals surface area contributed by atoms with Gasteiger partial charge in [-0.1, -0.05) is 35.9 Å². The molecule has 1 aliphatic carbocycles. The summed E-state index contributed by atoms with van der Waals surface area (Å²) >= 11 is 6.05. The molecule has 0 unspecified atom stereocenters. The molecule has 0 aromatic heterocycles. The van der Waals surface area contributed by atoms with Crippen LogP contribution in [0.4, 0.5) is 5.69 Å². The van der Waals surface area contributed by atoms with E-state index in [-0.39, 0.29) is 11.9 Å². The number of rotatable bonds is 2. The fourth-order valence-electron chi connectivity index (χ4n) is 2.64. The minimum Gasteiger partial charge on any atom is -0.399 e. The summed E-state index contributed by atoms with van der Waals surface area (Å²) in [6.45, 7) is 0. The summed E-state index contributed by atoms with van der Waals surface area (Å²) in [6.07, 6.45) is 1.73. The number of nitrogens with one attached hydrogen (secondary N) is 1. The number of anilines is 1. The molecule has 0 aliphatic heterocycles. The van der Waals surface area contributed by atoms with Crippen LogP contribution in [0.5, 0.6) is 0 Å². The van der Waals surface area contributed by atoms with Crippen molar-refractivity contribution in [3.8, 4) is 0 Å². The maximum atomic E-state index is 12.3. The molecule has 0 spiro atoms. The monoisotopic (exact) mass is 286 g/mol. The minimum absolute atomic E-state index is 0.123. The highest BCUT2D eigenvalue weighted by Crippen LogP contribution is 2.23. The first-order chi connectivity index (χ1) is 9.63. The summed E-state index contributed by atoms with van der Waals surface area (Å²) in [4.78, 5) is 12.3. The van der Waals surface area contributed by atoms with Crippen molar-refractivity contribution < 1.29 is 4.79 Å². The third-order valence-corrected chi connectivity index (χ3v) is 3.95. The van der Waals surface area contributed by atoms with Crippen LogP contribution in [0.25, 0.3) is 0 Å². The summed E-state index contributed by atoms with van der Waals surface area (Å²) in [6, 6.07) is 13.3. The zero-order valence-corrected chi connectivity index (χ0v) is 11.7. The molecule has 0 radical (unpaired) electrons. The smallest absolute Gasteiger partial charge is 0.253 e. The highest BCUT2D eigenvalue weighted by atomic mass is 35.5. The lowest BCUT2D eigenvalue weighted by molar-refractivity contribution is 0.0939. The van der Waals surface area contributed by atoms with E-state index in [4.69, 9.17) is 17.3 Å². The Morgan fingerprint density at radius 3 is 2.45 bits per heavy atom. The highest BCUT2D eigenvalue weighted by Gasteiger charge is 2.23. The van der Waals surface area contributed by atoms with E-state index in [0.717, 1.165) is 12.8 Å². The molecule has 3 rings (SSSR count). The Morgan fingerprint density at radius 2 is 1.80 bits per heavy atom.